The summed E-state index contributed by atoms with van der Waals surface area (Å²) in [5.74, 6) is 0. The minimum absolute atomic E-state index is 0.907. The lowest BCUT2D eigenvalue weighted by atomic mass is 10.1. The Labute approximate surface area is 132 Å². The highest BCUT2D eigenvalue weighted by Gasteiger charge is 2.14. The van der Waals surface area contributed by atoms with Gasteiger partial charge in [-0.25, -0.2) is 0 Å². The number of rotatable bonds is 5. The van der Waals surface area contributed by atoms with E-state index in [0.29, 0.717) is 0 Å². The van der Waals surface area contributed by atoms with Crippen LogP contribution in [0.5, 0.6) is 0 Å². The van der Waals surface area contributed by atoms with Gasteiger partial charge in [-0.05, 0) is 43.6 Å². The molecule has 0 saturated carbocycles. The van der Waals surface area contributed by atoms with Crippen molar-refractivity contribution in [1.29, 1.82) is 0 Å². The molecule has 2 aromatic rings. The number of benzene rings is 2. The summed E-state index contributed by atoms with van der Waals surface area (Å²) in [6.07, 6.45) is 3.96. The van der Waals surface area contributed by atoms with E-state index >= 15 is 0 Å². The molecule has 3 heteroatoms. The van der Waals surface area contributed by atoms with Crippen LogP contribution in [-0.4, -0.2) is 30.2 Å². The minimum Gasteiger partial charge on any atom is -0.297 e. The van der Waals surface area contributed by atoms with Crippen LogP contribution in [0, 0.1) is 0 Å². The second-order valence-electron chi connectivity index (χ2n) is 5.74. The zero-order valence-corrected chi connectivity index (χ0v) is 12.9. The molecule has 0 radical (unpaired) electrons. The van der Waals surface area contributed by atoms with Gasteiger partial charge in [-0.2, -0.15) is 5.10 Å². The van der Waals surface area contributed by atoms with Gasteiger partial charge in [0.2, 0.25) is 0 Å². The molecule has 0 amide bonds. The highest BCUT2D eigenvalue weighted by molar-refractivity contribution is 6.02. The molecule has 1 heterocycles. The van der Waals surface area contributed by atoms with Crippen molar-refractivity contribution in [2.45, 2.75) is 19.3 Å². The molecule has 1 fully saturated rings. The van der Waals surface area contributed by atoms with E-state index in [1.54, 1.807) is 0 Å². The van der Waals surface area contributed by atoms with Crippen molar-refractivity contribution in [2.75, 3.05) is 25.1 Å². The van der Waals surface area contributed by atoms with Crippen LogP contribution in [0.25, 0.3) is 0 Å². The summed E-state index contributed by atoms with van der Waals surface area (Å²) in [5, 5.41) is 4.68. The number of para-hydroxylation sites is 1. The molecule has 22 heavy (non-hydrogen) atoms. The highest BCUT2D eigenvalue weighted by Crippen LogP contribution is 2.12. The van der Waals surface area contributed by atoms with Crippen LogP contribution in [0.2, 0.25) is 0 Å². The van der Waals surface area contributed by atoms with Crippen LogP contribution in [0.4, 0.5) is 5.69 Å². The van der Waals surface area contributed by atoms with Gasteiger partial charge in [0.05, 0.1) is 11.4 Å². The van der Waals surface area contributed by atoms with Gasteiger partial charge in [-0.1, -0.05) is 55.0 Å². The molecule has 1 aliphatic heterocycles. The van der Waals surface area contributed by atoms with Crippen molar-refractivity contribution < 1.29 is 0 Å². The monoisotopic (exact) mass is 293 g/mol. The summed E-state index contributed by atoms with van der Waals surface area (Å²) >= 11 is 0. The first-order valence-electron chi connectivity index (χ1n) is 8.07. The van der Waals surface area contributed by atoms with Crippen molar-refractivity contribution in [3.63, 3.8) is 0 Å². The Balaban J connectivity index is 1.76. The predicted molar refractivity (Wildman–Crippen MR) is 93.3 cm³/mol. The predicted octanol–water partition coefficient (Wildman–Crippen LogP) is 3.99. The van der Waals surface area contributed by atoms with Gasteiger partial charge in [-0.3, -0.25) is 10.3 Å². The van der Waals surface area contributed by atoms with Crippen LogP contribution in [0.1, 0.15) is 24.8 Å². The van der Waals surface area contributed by atoms with E-state index in [0.717, 1.165) is 17.9 Å². The number of hydrogen-bond acceptors (Lipinski definition) is 3. The van der Waals surface area contributed by atoms with Crippen LogP contribution in [0.3, 0.4) is 0 Å². The molecule has 3 nitrogen and oxygen atoms in total. The summed E-state index contributed by atoms with van der Waals surface area (Å²) in [6.45, 7) is 3.26. The minimum atomic E-state index is 0.907. The van der Waals surface area contributed by atoms with E-state index in [1.165, 1.54) is 37.9 Å². The van der Waals surface area contributed by atoms with Crippen molar-refractivity contribution in [2.24, 2.45) is 5.10 Å². The van der Waals surface area contributed by atoms with Crippen molar-refractivity contribution in [3.05, 3.63) is 66.2 Å². The van der Waals surface area contributed by atoms with Crippen molar-refractivity contribution in [1.82, 2.24) is 4.90 Å². The van der Waals surface area contributed by atoms with E-state index < -0.39 is 0 Å². The number of hydrazone groups is 1. The topological polar surface area (TPSA) is 27.6 Å². The number of nitrogens with zero attached hydrogens (tertiary/aromatic N) is 2. The largest absolute Gasteiger partial charge is 0.297 e. The van der Waals surface area contributed by atoms with Crippen LogP contribution in [0.15, 0.2) is 65.8 Å². The fourth-order valence-electron chi connectivity index (χ4n) is 2.80. The van der Waals surface area contributed by atoms with Gasteiger partial charge in [-0.15, -0.1) is 0 Å². The van der Waals surface area contributed by atoms with Gasteiger partial charge in [0.25, 0.3) is 0 Å². The van der Waals surface area contributed by atoms with Gasteiger partial charge < -0.3 is 0 Å². The SMILES string of the molecule is c1ccc(NN=C(CN2CCCCC2)c2ccccc2)cc1. The number of nitrogens with one attached hydrogen (secondary N) is 1. The Morgan fingerprint density at radius 1 is 0.864 bits per heavy atom. The quantitative estimate of drug-likeness (QED) is 0.667. The average Bonchev–Trinajstić information content (AvgIpc) is 2.61. The standard InChI is InChI=1S/C19H23N3/c1-4-10-17(11-5-1)19(16-22-14-8-3-9-15-22)21-20-18-12-6-2-7-13-18/h1-2,4-7,10-13,20H,3,8-9,14-16H2. The van der Waals surface area contributed by atoms with Gasteiger partial charge >= 0.3 is 0 Å². The molecular formula is C19H23N3. The first kappa shape index (κ1) is 14.8. The first-order valence-corrected chi connectivity index (χ1v) is 8.07. The van der Waals surface area contributed by atoms with Crippen molar-refractivity contribution in [3.8, 4) is 0 Å². The van der Waals surface area contributed by atoms with Crippen LogP contribution < -0.4 is 5.43 Å². The number of hydrogen-bond donors (Lipinski definition) is 1. The third kappa shape index (κ3) is 4.18. The lowest BCUT2D eigenvalue weighted by Crippen LogP contribution is -2.35. The second-order valence-corrected chi connectivity index (χ2v) is 5.74. The van der Waals surface area contributed by atoms with E-state index in [9.17, 15) is 0 Å². The molecular weight excluding hydrogens is 270 g/mol. The summed E-state index contributed by atoms with van der Waals surface area (Å²) in [5.41, 5.74) is 6.51. The molecule has 0 atom stereocenters. The molecule has 2 aromatic carbocycles. The maximum atomic E-state index is 4.68. The second kappa shape index (κ2) is 7.76. The van der Waals surface area contributed by atoms with Gasteiger partial charge in [0, 0.05) is 6.54 Å². The Hall–Kier alpha value is -2.13. The Morgan fingerprint density at radius 2 is 1.50 bits per heavy atom. The number of likely N-dealkylation sites (tertiary alicyclic amines) is 1. The van der Waals surface area contributed by atoms with Crippen LogP contribution >= 0.6 is 0 Å². The number of piperidine rings is 1. The summed E-state index contributed by atoms with van der Waals surface area (Å²) in [6, 6.07) is 20.6. The van der Waals surface area contributed by atoms with E-state index in [-0.39, 0.29) is 0 Å². The smallest absolute Gasteiger partial charge is 0.0819 e. The Morgan fingerprint density at radius 3 is 2.18 bits per heavy atom. The molecule has 3 rings (SSSR count). The lowest BCUT2D eigenvalue weighted by Gasteiger charge is -2.27. The lowest BCUT2D eigenvalue weighted by molar-refractivity contribution is 0.258. The number of anilines is 1. The van der Waals surface area contributed by atoms with Crippen molar-refractivity contribution >= 4 is 11.4 Å². The molecule has 0 spiro atoms. The van der Waals surface area contributed by atoms with Crippen LogP contribution in [-0.2, 0) is 0 Å². The molecule has 0 aliphatic carbocycles. The normalized spacial score (nSPS) is 16.5. The summed E-state index contributed by atoms with van der Waals surface area (Å²) < 4.78 is 0. The molecule has 0 unspecified atom stereocenters. The van der Waals surface area contributed by atoms with Gasteiger partial charge in [0.1, 0.15) is 0 Å². The van der Waals surface area contributed by atoms with E-state index in [1.807, 2.05) is 36.4 Å². The average molecular weight is 293 g/mol. The molecule has 1 saturated heterocycles. The third-order valence-corrected chi connectivity index (χ3v) is 4.02. The molecule has 0 aromatic heterocycles. The molecule has 0 bridgehead atoms. The van der Waals surface area contributed by atoms with Gasteiger partial charge in [0.15, 0.2) is 0 Å². The molecule has 1 aliphatic rings. The molecule has 1 N–H and O–H groups in total. The van der Waals surface area contributed by atoms with E-state index in [4.69, 9.17) is 0 Å². The molecule has 114 valence electrons. The highest BCUT2D eigenvalue weighted by atomic mass is 15.3. The fraction of sp³-hybridized carbons (Fsp3) is 0.316. The zero-order chi connectivity index (χ0) is 15.0. The first-order chi connectivity index (χ1) is 10.9. The third-order valence-electron chi connectivity index (χ3n) is 4.02. The maximum Gasteiger partial charge on any atom is 0.0819 e. The zero-order valence-electron chi connectivity index (χ0n) is 12.9. The summed E-state index contributed by atoms with van der Waals surface area (Å²) in [4.78, 5) is 2.50. The Bertz CT molecular complexity index is 587. The van der Waals surface area contributed by atoms with E-state index in [2.05, 4.69) is 39.7 Å². The Kier molecular flexibility index (Phi) is 5.22. The summed E-state index contributed by atoms with van der Waals surface area (Å²) in [7, 11) is 0. The fourth-order valence-corrected chi connectivity index (χ4v) is 2.80. The maximum absolute atomic E-state index is 4.68.